The lowest BCUT2D eigenvalue weighted by atomic mass is 10.00. The van der Waals surface area contributed by atoms with Crippen LogP contribution in [-0.4, -0.2) is 42.0 Å². The summed E-state index contributed by atoms with van der Waals surface area (Å²) in [6, 6.07) is 0. The lowest BCUT2D eigenvalue weighted by Gasteiger charge is -2.18. The SMILES string of the molecule is CC(C)OCCOC1CCC(N)(C(=O)O)C1. The number of carbonyl (C=O) groups is 1. The van der Waals surface area contributed by atoms with Crippen LogP contribution in [0.3, 0.4) is 0 Å². The van der Waals surface area contributed by atoms with E-state index in [1.54, 1.807) is 0 Å². The normalized spacial score (nSPS) is 29.9. The van der Waals surface area contributed by atoms with Crippen LogP contribution in [-0.2, 0) is 14.3 Å². The molecule has 2 atom stereocenters. The Hall–Kier alpha value is -0.650. The third-order valence-electron chi connectivity index (χ3n) is 2.82. The van der Waals surface area contributed by atoms with E-state index in [1.165, 1.54) is 0 Å². The molecule has 5 nitrogen and oxygen atoms in total. The van der Waals surface area contributed by atoms with Gasteiger partial charge in [-0.2, -0.15) is 0 Å². The van der Waals surface area contributed by atoms with Crippen LogP contribution < -0.4 is 5.73 Å². The Labute approximate surface area is 95.9 Å². The molecule has 0 spiro atoms. The standard InChI is InChI=1S/C11H21NO4/c1-8(2)15-5-6-16-9-3-4-11(12,7-9)10(13)14/h8-9H,3-7,12H2,1-2H3,(H,13,14). The highest BCUT2D eigenvalue weighted by Crippen LogP contribution is 2.29. The van der Waals surface area contributed by atoms with Crippen molar-refractivity contribution in [2.45, 2.75) is 50.9 Å². The number of carboxylic acid groups (broad SMARTS) is 1. The van der Waals surface area contributed by atoms with E-state index >= 15 is 0 Å². The van der Waals surface area contributed by atoms with Crippen LogP contribution in [0.5, 0.6) is 0 Å². The van der Waals surface area contributed by atoms with Gasteiger partial charge in [0, 0.05) is 6.42 Å². The van der Waals surface area contributed by atoms with Crippen LogP contribution in [0.4, 0.5) is 0 Å². The number of aliphatic carboxylic acids is 1. The molecule has 5 heteroatoms. The highest BCUT2D eigenvalue weighted by Gasteiger charge is 2.42. The van der Waals surface area contributed by atoms with Crippen LogP contribution in [0.1, 0.15) is 33.1 Å². The molecule has 0 heterocycles. The van der Waals surface area contributed by atoms with Crippen LogP contribution >= 0.6 is 0 Å². The first kappa shape index (κ1) is 13.4. The molecule has 0 bridgehead atoms. The van der Waals surface area contributed by atoms with Gasteiger partial charge in [-0.05, 0) is 26.7 Å². The van der Waals surface area contributed by atoms with Gasteiger partial charge in [0.2, 0.25) is 0 Å². The summed E-state index contributed by atoms with van der Waals surface area (Å²) in [5.74, 6) is -0.933. The van der Waals surface area contributed by atoms with Crippen LogP contribution in [0.2, 0.25) is 0 Å². The molecule has 1 saturated carbocycles. The van der Waals surface area contributed by atoms with E-state index in [0.29, 0.717) is 32.5 Å². The predicted octanol–water partition coefficient (Wildman–Crippen LogP) is 0.763. The average Bonchev–Trinajstić information content (AvgIpc) is 2.56. The Balaban J connectivity index is 2.19. The minimum atomic E-state index is -1.09. The predicted molar refractivity (Wildman–Crippen MR) is 59.2 cm³/mol. The van der Waals surface area contributed by atoms with Crippen molar-refractivity contribution in [2.24, 2.45) is 5.73 Å². The summed E-state index contributed by atoms with van der Waals surface area (Å²) in [6.07, 6.45) is 1.74. The summed E-state index contributed by atoms with van der Waals surface area (Å²) in [4.78, 5) is 10.9. The molecule has 1 fully saturated rings. The van der Waals surface area contributed by atoms with Gasteiger partial charge < -0.3 is 20.3 Å². The van der Waals surface area contributed by atoms with E-state index in [2.05, 4.69) is 0 Å². The third-order valence-corrected chi connectivity index (χ3v) is 2.82. The van der Waals surface area contributed by atoms with Crippen molar-refractivity contribution in [3.05, 3.63) is 0 Å². The molecule has 1 aliphatic rings. The third kappa shape index (κ3) is 3.73. The molecule has 0 aromatic heterocycles. The molecule has 0 amide bonds. The number of nitrogens with two attached hydrogens (primary N) is 1. The summed E-state index contributed by atoms with van der Waals surface area (Å²) >= 11 is 0. The van der Waals surface area contributed by atoms with Gasteiger partial charge >= 0.3 is 5.97 Å². The van der Waals surface area contributed by atoms with Gasteiger partial charge in [-0.25, -0.2) is 0 Å². The quantitative estimate of drug-likeness (QED) is 0.660. The molecule has 2 unspecified atom stereocenters. The summed E-state index contributed by atoms with van der Waals surface area (Å²) in [7, 11) is 0. The summed E-state index contributed by atoms with van der Waals surface area (Å²) in [5.41, 5.74) is 4.64. The number of hydrogen-bond acceptors (Lipinski definition) is 4. The Kier molecular flexibility index (Phi) is 4.70. The second kappa shape index (κ2) is 5.61. The van der Waals surface area contributed by atoms with Gasteiger partial charge in [0.05, 0.1) is 25.4 Å². The van der Waals surface area contributed by atoms with E-state index < -0.39 is 11.5 Å². The zero-order chi connectivity index (χ0) is 12.2. The van der Waals surface area contributed by atoms with Crippen LogP contribution in [0.25, 0.3) is 0 Å². The fraction of sp³-hybridized carbons (Fsp3) is 0.909. The summed E-state index contributed by atoms with van der Waals surface area (Å²) < 4.78 is 10.9. The molecule has 0 saturated heterocycles. The Bertz CT molecular complexity index is 244. The van der Waals surface area contributed by atoms with Crippen molar-refractivity contribution < 1.29 is 19.4 Å². The number of ether oxygens (including phenoxy) is 2. The Morgan fingerprint density at radius 1 is 1.56 bits per heavy atom. The molecule has 94 valence electrons. The van der Waals surface area contributed by atoms with Crippen LogP contribution in [0, 0.1) is 0 Å². The number of hydrogen-bond donors (Lipinski definition) is 2. The van der Waals surface area contributed by atoms with Crippen molar-refractivity contribution in [1.82, 2.24) is 0 Å². The maximum Gasteiger partial charge on any atom is 0.323 e. The lowest BCUT2D eigenvalue weighted by molar-refractivity contribution is -0.143. The fourth-order valence-corrected chi connectivity index (χ4v) is 1.86. The van der Waals surface area contributed by atoms with Crippen LogP contribution in [0.15, 0.2) is 0 Å². The van der Waals surface area contributed by atoms with E-state index in [4.69, 9.17) is 20.3 Å². The van der Waals surface area contributed by atoms with Crippen molar-refractivity contribution >= 4 is 5.97 Å². The summed E-state index contributed by atoms with van der Waals surface area (Å²) in [5, 5.41) is 8.93. The van der Waals surface area contributed by atoms with E-state index in [9.17, 15) is 4.79 Å². The zero-order valence-electron chi connectivity index (χ0n) is 9.94. The first-order chi connectivity index (χ1) is 7.44. The summed E-state index contributed by atoms with van der Waals surface area (Å²) in [6.45, 7) is 4.97. The van der Waals surface area contributed by atoms with Gasteiger partial charge in [-0.15, -0.1) is 0 Å². The minimum Gasteiger partial charge on any atom is -0.480 e. The van der Waals surface area contributed by atoms with Gasteiger partial charge in [-0.1, -0.05) is 0 Å². The van der Waals surface area contributed by atoms with Gasteiger partial charge in [0.1, 0.15) is 5.54 Å². The van der Waals surface area contributed by atoms with Crippen molar-refractivity contribution in [3.8, 4) is 0 Å². The molecular formula is C11H21NO4. The highest BCUT2D eigenvalue weighted by atomic mass is 16.5. The average molecular weight is 231 g/mol. The maximum absolute atomic E-state index is 10.9. The fourth-order valence-electron chi connectivity index (χ4n) is 1.86. The topological polar surface area (TPSA) is 81.8 Å². The van der Waals surface area contributed by atoms with Crippen molar-refractivity contribution in [2.75, 3.05) is 13.2 Å². The number of rotatable bonds is 6. The maximum atomic E-state index is 10.9. The number of carboxylic acids is 1. The monoisotopic (exact) mass is 231 g/mol. The van der Waals surface area contributed by atoms with E-state index in [0.717, 1.165) is 0 Å². The smallest absolute Gasteiger partial charge is 0.323 e. The van der Waals surface area contributed by atoms with E-state index in [1.807, 2.05) is 13.8 Å². The van der Waals surface area contributed by atoms with E-state index in [-0.39, 0.29) is 12.2 Å². The largest absolute Gasteiger partial charge is 0.480 e. The molecule has 1 aliphatic carbocycles. The van der Waals surface area contributed by atoms with Gasteiger partial charge in [0.25, 0.3) is 0 Å². The van der Waals surface area contributed by atoms with Gasteiger partial charge in [-0.3, -0.25) is 4.79 Å². The molecule has 0 aromatic rings. The minimum absolute atomic E-state index is 0.0446. The second-order valence-electron chi connectivity index (χ2n) is 4.62. The first-order valence-corrected chi connectivity index (χ1v) is 5.69. The molecule has 0 radical (unpaired) electrons. The van der Waals surface area contributed by atoms with Gasteiger partial charge in [0.15, 0.2) is 0 Å². The Morgan fingerprint density at radius 3 is 2.75 bits per heavy atom. The molecule has 16 heavy (non-hydrogen) atoms. The zero-order valence-corrected chi connectivity index (χ0v) is 9.94. The van der Waals surface area contributed by atoms with Crippen molar-refractivity contribution in [3.63, 3.8) is 0 Å². The highest BCUT2D eigenvalue weighted by molar-refractivity contribution is 5.78. The molecule has 3 N–H and O–H groups in total. The van der Waals surface area contributed by atoms with Crippen molar-refractivity contribution in [1.29, 1.82) is 0 Å². The molecular weight excluding hydrogens is 210 g/mol. The Morgan fingerprint density at radius 2 is 2.25 bits per heavy atom. The molecule has 0 aromatic carbocycles. The lowest BCUT2D eigenvalue weighted by Crippen LogP contribution is -2.45. The second-order valence-corrected chi connectivity index (χ2v) is 4.62. The molecule has 1 rings (SSSR count). The first-order valence-electron chi connectivity index (χ1n) is 5.69. The molecule has 0 aliphatic heterocycles.